The number of anilines is 1. The Balaban J connectivity index is 1.71. The zero-order valence-electron chi connectivity index (χ0n) is 12.9. The normalized spacial score (nSPS) is 11.9. The van der Waals surface area contributed by atoms with Crippen LogP contribution in [0.15, 0.2) is 36.4 Å². The largest absolute Gasteiger partial charge is 0.454 e. The van der Waals surface area contributed by atoms with E-state index in [4.69, 9.17) is 9.47 Å². The smallest absolute Gasteiger partial charge is 0.293 e. The van der Waals surface area contributed by atoms with Gasteiger partial charge in [-0.2, -0.15) is 0 Å². The van der Waals surface area contributed by atoms with Crippen LogP contribution in [-0.4, -0.2) is 24.7 Å². The second kappa shape index (κ2) is 6.45. The number of nitrogens with one attached hydrogen (secondary N) is 2. The molecular formula is C16H15N3O5. The molecule has 0 atom stereocenters. The topological polar surface area (TPSA) is 103 Å². The average Bonchev–Trinajstić information content (AvgIpc) is 3.06. The second-order valence-corrected chi connectivity index (χ2v) is 5.11. The number of nitro benzene ring substituents is 1. The number of nitro groups is 1. The van der Waals surface area contributed by atoms with Crippen LogP contribution in [0.5, 0.6) is 11.5 Å². The van der Waals surface area contributed by atoms with Crippen LogP contribution < -0.4 is 20.1 Å². The van der Waals surface area contributed by atoms with Crippen LogP contribution in [0.2, 0.25) is 0 Å². The minimum Gasteiger partial charge on any atom is -0.454 e. The predicted octanol–water partition coefficient (Wildman–Crippen LogP) is 2.30. The SMILES string of the molecule is CNc1ccc(C(=O)NCc2ccc3c(c2)OCO3)cc1[N+](=O)[O-]. The van der Waals surface area contributed by atoms with Crippen molar-refractivity contribution < 1.29 is 19.2 Å². The number of nitrogens with zero attached hydrogens (tertiary/aromatic N) is 1. The molecule has 0 saturated carbocycles. The fourth-order valence-electron chi connectivity index (χ4n) is 2.37. The van der Waals surface area contributed by atoms with Gasteiger partial charge in [-0.25, -0.2) is 0 Å². The maximum atomic E-state index is 12.2. The van der Waals surface area contributed by atoms with E-state index >= 15 is 0 Å². The quantitative estimate of drug-likeness (QED) is 0.644. The maximum Gasteiger partial charge on any atom is 0.293 e. The molecule has 1 aliphatic heterocycles. The molecular weight excluding hydrogens is 314 g/mol. The first-order valence-electron chi connectivity index (χ1n) is 7.21. The molecule has 0 spiro atoms. The van der Waals surface area contributed by atoms with Crippen LogP contribution in [0.25, 0.3) is 0 Å². The van der Waals surface area contributed by atoms with Gasteiger partial charge in [0.25, 0.3) is 11.6 Å². The van der Waals surface area contributed by atoms with Crippen molar-refractivity contribution in [1.29, 1.82) is 0 Å². The molecule has 0 bridgehead atoms. The van der Waals surface area contributed by atoms with Crippen molar-refractivity contribution in [3.05, 3.63) is 57.6 Å². The summed E-state index contributed by atoms with van der Waals surface area (Å²) in [4.78, 5) is 22.7. The van der Waals surface area contributed by atoms with E-state index in [1.165, 1.54) is 18.2 Å². The molecule has 1 heterocycles. The summed E-state index contributed by atoms with van der Waals surface area (Å²) >= 11 is 0. The molecule has 3 rings (SSSR count). The third-order valence-corrected chi connectivity index (χ3v) is 3.62. The molecule has 0 aliphatic carbocycles. The summed E-state index contributed by atoms with van der Waals surface area (Å²) in [5.74, 6) is 0.914. The van der Waals surface area contributed by atoms with Crippen molar-refractivity contribution in [2.75, 3.05) is 19.2 Å². The van der Waals surface area contributed by atoms with Crippen LogP contribution in [0, 0.1) is 10.1 Å². The number of ether oxygens (including phenoxy) is 2. The summed E-state index contributed by atoms with van der Waals surface area (Å²) in [6.07, 6.45) is 0. The Morgan fingerprint density at radius 1 is 1.21 bits per heavy atom. The Morgan fingerprint density at radius 2 is 2.00 bits per heavy atom. The second-order valence-electron chi connectivity index (χ2n) is 5.11. The van der Waals surface area contributed by atoms with Crippen molar-refractivity contribution >= 4 is 17.3 Å². The Kier molecular flexibility index (Phi) is 4.19. The van der Waals surface area contributed by atoms with E-state index in [0.29, 0.717) is 17.2 Å². The van der Waals surface area contributed by atoms with Gasteiger partial charge in [-0.05, 0) is 29.8 Å². The number of benzene rings is 2. The molecule has 2 aromatic carbocycles. The summed E-state index contributed by atoms with van der Waals surface area (Å²) in [6, 6.07) is 9.67. The number of carbonyl (C=O) groups is 1. The van der Waals surface area contributed by atoms with Gasteiger partial charge in [0.1, 0.15) is 5.69 Å². The summed E-state index contributed by atoms with van der Waals surface area (Å²) in [5.41, 5.74) is 1.27. The van der Waals surface area contributed by atoms with E-state index in [0.717, 1.165) is 5.56 Å². The van der Waals surface area contributed by atoms with Crippen molar-refractivity contribution in [3.8, 4) is 11.5 Å². The molecule has 1 amide bonds. The van der Waals surface area contributed by atoms with Gasteiger partial charge in [0.2, 0.25) is 6.79 Å². The van der Waals surface area contributed by atoms with E-state index in [-0.39, 0.29) is 24.6 Å². The van der Waals surface area contributed by atoms with Gasteiger partial charge in [0.05, 0.1) is 4.92 Å². The summed E-state index contributed by atoms with van der Waals surface area (Å²) in [7, 11) is 1.59. The number of hydrogen-bond acceptors (Lipinski definition) is 6. The Morgan fingerprint density at radius 3 is 2.75 bits per heavy atom. The number of rotatable bonds is 5. The van der Waals surface area contributed by atoms with Crippen molar-refractivity contribution in [2.45, 2.75) is 6.54 Å². The van der Waals surface area contributed by atoms with Gasteiger partial charge in [-0.15, -0.1) is 0 Å². The van der Waals surface area contributed by atoms with Gasteiger partial charge in [-0.1, -0.05) is 6.07 Å². The minimum absolute atomic E-state index is 0.145. The lowest BCUT2D eigenvalue weighted by atomic mass is 10.1. The molecule has 0 saturated heterocycles. The van der Waals surface area contributed by atoms with E-state index in [1.54, 1.807) is 19.2 Å². The van der Waals surface area contributed by atoms with E-state index < -0.39 is 10.8 Å². The molecule has 2 N–H and O–H groups in total. The third kappa shape index (κ3) is 3.07. The molecule has 24 heavy (non-hydrogen) atoms. The monoisotopic (exact) mass is 329 g/mol. The van der Waals surface area contributed by atoms with Gasteiger partial charge in [0, 0.05) is 25.2 Å². The lowest BCUT2D eigenvalue weighted by molar-refractivity contribution is -0.384. The van der Waals surface area contributed by atoms with Crippen LogP contribution in [0.4, 0.5) is 11.4 Å². The summed E-state index contributed by atoms with van der Waals surface area (Å²) in [5, 5.41) is 16.5. The molecule has 8 nitrogen and oxygen atoms in total. The molecule has 0 unspecified atom stereocenters. The van der Waals surface area contributed by atoms with E-state index in [2.05, 4.69) is 10.6 Å². The highest BCUT2D eigenvalue weighted by molar-refractivity contribution is 5.95. The average molecular weight is 329 g/mol. The van der Waals surface area contributed by atoms with Crippen LogP contribution in [0.1, 0.15) is 15.9 Å². The summed E-state index contributed by atoms with van der Waals surface area (Å²) in [6.45, 7) is 0.462. The fraction of sp³-hybridized carbons (Fsp3) is 0.188. The van der Waals surface area contributed by atoms with Crippen molar-refractivity contribution in [3.63, 3.8) is 0 Å². The highest BCUT2D eigenvalue weighted by Crippen LogP contribution is 2.32. The Labute approximate surface area is 137 Å². The first-order chi connectivity index (χ1) is 11.6. The molecule has 1 aliphatic rings. The third-order valence-electron chi connectivity index (χ3n) is 3.62. The number of carbonyl (C=O) groups excluding carboxylic acids is 1. The maximum absolute atomic E-state index is 12.2. The predicted molar refractivity (Wildman–Crippen MR) is 86.4 cm³/mol. The molecule has 0 radical (unpaired) electrons. The number of hydrogen-bond donors (Lipinski definition) is 2. The zero-order valence-corrected chi connectivity index (χ0v) is 12.9. The van der Waals surface area contributed by atoms with E-state index in [1.807, 2.05) is 6.07 Å². The van der Waals surface area contributed by atoms with Gasteiger partial charge in [-0.3, -0.25) is 14.9 Å². The van der Waals surface area contributed by atoms with Gasteiger partial charge < -0.3 is 20.1 Å². The molecule has 8 heteroatoms. The Hall–Kier alpha value is -3.29. The molecule has 0 aromatic heterocycles. The molecule has 124 valence electrons. The molecule has 0 fully saturated rings. The van der Waals surface area contributed by atoms with Crippen molar-refractivity contribution in [2.24, 2.45) is 0 Å². The minimum atomic E-state index is -0.527. The van der Waals surface area contributed by atoms with Gasteiger partial charge in [0.15, 0.2) is 11.5 Å². The van der Waals surface area contributed by atoms with Crippen LogP contribution >= 0.6 is 0 Å². The van der Waals surface area contributed by atoms with Crippen LogP contribution in [0.3, 0.4) is 0 Å². The number of amides is 1. The lowest BCUT2D eigenvalue weighted by Gasteiger charge is -2.08. The van der Waals surface area contributed by atoms with E-state index in [9.17, 15) is 14.9 Å². The summed E-state index contributed by atoms with van der Waals surface area (Å²) < 4.78 is 10.5. The van der Waals surface area contributed by atoms with Gasteiger partial charge >= 0.3 is 0 Å². The number of fused-ring (bicyclic) bond motifs is 1. The fourth-order valence-corrected chi connectivity index (χ4v) is 2.37. The molecule has 2 aromatic rings. The zero-order chi connectivity index (χ0) is 17.1. The first-order valence-corrected chi connectivity index (χ1v) is 7.21. The first kappa shape index (κ1) is 15.6. The van der Waals surface area contributed by atoms with Crippen molar-refractivity contribution in [1.82, 2.24) is 5.32 Å². The highest BCUT2D eigenvalue weighted by Gasteiger charge is 2.17. The van der Waals surface area contributed by atoms with Crippen LogP contribution in [-0.2, 0) is 6.54 Å². The lowest BCUT2D eigenvalue weighted by Crippen LogP contribution is -2.22. The Bertz CT molecular complexity index is 806. The highest BCUT2D eigenvalue weighted by atomic mass is 16.7. The standard InChI is InChI=1S/C16H15N3O5/c1-17-12-4-3-11(7-13(12)19(21)22)16(20)18-8-10-2-5-14-15(6-10)24-9-23-14/h2-7,17H,8-9H2,1H3,(H,18,20).